The van der Waals surface area contributed by atoms with Crippen LogP contribution < -0.4 is 0 Å². The molecular formula is C18H27ClO4. The van der Waals surface area contributed by atoms with E-state index in [2.05, 4.69) is 13.8 Å². The molecule has 2 aliphatic carbocycles. The summed E-state index contributed by atoms with van der Waals surface area (Å²) >= 11 is 6.36. The fourth-order valence-corrected chi connectivity index (χ4v) is 5.19. The highest BCUT2D eigenvalue weighted by Gasteiger charge is 2.77. The van der Waals surface area contributed by atoms with Gasteiger partial charge in [-0.25, -0.2) is 4.79 Å². The van der Waals surface area contributed by atoms with Crippen LogP contribution in [0.1, 0.15) is 60.8 Å². The quantitative estimate of drug-likeness (QED) is 0.577. The third-order valence-electron chi connectivity index (χ3n) is 7.25. The van der Waals surface area contributed by atoms with Crippen LogP contribution in [0.15, 0.2) is 0 Å². The molecule has 3 fully saturated rings. The first-order valence-corrected chi connectivity index (χ1v) is 8.98. The average molecular weight is 343 g/mol. The molecule has 130 valence electrons. The van der Waals surface area contributed by atoms with Gasteiger partial charge in [-0.05, 0) is 31.6 Å². The van der Waals surface area contributed by atoms with Gasteiger partial charge in [-0.2, -0.15) is 0 Å². The number of carbonyl (C=O) groups excluding carboxylic acids is 2. The molecule has 0 aromatic rings. The van der Waals surface area contributed by atoms with Crippen LogP contribution in [0.5, 0.6) is 0 Å². The normalized spacial score (nSPS) is 43.9. The Morgan fingerprint density at radius 2 is 1.87 bits per heavy atom. The van der Waals surface area contributed by atoms with E-state index in [9.17, 15) is 9.59 Å². The highest BCUT2D eigenvalue weighted by molar-refractivity contribution is 6.23. The minimum Gasteiger partial charge on any atom is -0.459 e. The minimum atomic E-state index is -1.15. The second-order valence-electron chi connectivity index (χ2n) is 8.77. The Morgan fingerprint density at radius 3 is 2.22 bits per heavy atom. The Labute approximate surface area is 143 Å². The van der Waals surface area contributed by atoms with Gasteiger partial charge < -0.3 is 9.47 Å². The van der Waals surface area contributed by atoms with E-state index in [0.717, 1.165) is 0 Å². The summed E-state index contributed by atoms with van der Waals surface area (Å²) in [5.41, 5.74) is -2.34. The summed E-state index contributed by atoms with van der Waals surface area (Å²) in [7, 11) is 0. The van der Waals surface area contributed by atoms with Gasteiger partial charge in [0.05, 0.1) is 5.41 Å². The summed E-state index contributed by atoms with van der Waals surface area (Å²) in [6.45, 7) is 12.0. The summed E-state index contributed by atoms with van der Waals surface area (Å²) in [6.07, 6.45) is 1.69. The van der Waals surface area contributed by atoms with E-state index in [1.54, 1.807) is 0 Å². The van der Waals surface area contributed by atoms with Crippen LogP contribution in [0.2, 0.25) is 0 Å². The lowest BCUT2D eigenvalue weighted by Gasteiger charge is -2.35. The molecule has 0 amide bonds. The van der Waals surface area contributed by atoms with E-state index in [4.69, 9.17) is 21.1 Å². The van der Waals surface area contributed by atoms with Crippen LogP contribution in [0.3, 0.4) is 0 Å². The number of hydrogen-bond donors (Lipinski definition) is 0. The van der Waals surface area contributed by atoms with Crippen LogP contribution in [0.25, 0.3) is 0 Å². The highest BCUT2D eigenvalue weighted by Crippen LogP contribution is 2.66. The van der Waals surface area contributed by atoms with Gasteiger partial charge in [-0.15, -0.1) is 11.6 Å². The zero-order valence-electron chi connectivity index (χ0n) is 14.9. The predicted molar refractivity (Wildman–Crippen MR) is 87.0 cm³/mol. The molecule has 3 aliphatic rings. The summed E-state index contributed by atoms with van der Waals surface area (Å²) in [5, 5.41) is 0.0192. The first kappa shape index (κ1) is 17.1. The first-order chi connectivity index (χ1) is 10.5. The Kier molecular flexibility index (Phi) is 3.45. The molecule has 1 heterocycles. The highest BCUT2D eigenvalue weighted by atomic mass is 35.5. The molecule has 0 radical (unpaired) electrons. The molecule has 2 saturated carbocycles. The van der Waals surface area contributed by atoms with Crippen LogP contribution in [0.4, 0.5) is 0 Å². The zero-order chi connectivity index (χ0) is 17.4. The number of alkyl halides is 1. The van der Waals surface area contributed by atoms with Crippen molar-refractivity contribution in [1.29, 1.82) is 0 Å². The van der Waals surface area contributed by atoms with Gasteiger partial charge in [0, 0.05) is 16.7 Å². The van der Waals surface area contributed by atoms with E-state index in [1.807, 2.05) is 27.7 Å². The predicted octanol–water partition coefficient (Wildman–Crippen LogP) is 3.69. The monoisotopic (exact) mass is 342 g/mol. The van der Waals surface area contributed by atoms with Gasteiger partial charge >= 0.3 is 11.9 Å². The number of rotatable bonds is 4. The molecule has 5 atom stereocenters. The van der Waals surface area contributed by atoms with E-state index in [-0.39, 0.29) is 28.8 Å². The Hall–Kier alpha value is -0.770. The fraction of sp³-hybridized carbons (Fsp3) is 0.889. The minimum absolute atomic E-state index is 0.0192. The van der Waals surface area contributed by atoms with Crippen molar-refractivity contribution < 1.29 is 19.1 Å². The summed E-state index contributed by atoms with van der Waals surface area (Å²) in [5.74, 6) is -0.515. The maximum absolute atomic E-state index is 13.0. The first-order valence-electron chi connectivity index (χ1n) is 8.54. The van der Waals surface area contributed by atoms with Crippen molar-refractivity contribution in [3.8, 4) is 0 Å². The Bertz CT molecular complexity index is 569. The van der Waals surface area contributed by atoms with Crippen molar-refractivity contribution in [2.45, 2.75) is 77.9 Å². The van der Waals surface area contributed by atoms with Crippen LogP contribution in [-0.4, -0.2) is 29.0 Å². The SMILES string of the molecule is CC[C@H](OC(=O)[C@@]12CC[C@@](C)(C(=O)O1)C2(C)C)[C@H]1[C@@H](Cl)C1(C)C. The Balaban J connectivity index is 1.83. The molecule has 4 nitrogen and oxygen atoms in total. The molecule has 5 heteroatoms. The lowest BCUT2D eigenvalue weighted by Crippen LogP contribution is -2.50. The summed E-state index contributed by atoms with van der Waals surface area (Å²) < 4.78 is 11.5. The van der Waals surface area contributed by atoms with Crippen molar-refractivity contribution in [2.24, 2.45) is 22.2 Å². The van der Waals surface area contributed by atoms with Crippen LogP contribution in [-0.2, 0) is 19.1 Å². The molecule has 0 aromatic carbocycles. The molecule has 1 saturated heterocycles. The van der Waals surface area contributed by atoms with E-state index < -0.39 is 22.4 Å². The lowest BCUT2D eigenvalue weighted by atomic mass is 9.66. The van der Waals surface area contributed by atoms with Crippen molar-refractivity contribution in [3.05, 3.63) is 0 Å². The molecule has 0 spiro atoms. The second kappa shape index (κ2) is 4.65. The summed E-state index contributed by atoms with van der Waals surface area (Å²) in [6, 6.07) is 0. The Morgan fingerprint density at radius 1 is 1.30 bits per heavy atom. The standard InChI is InChI=1S/C18H27ClO4/c1-7-10(11-12(19)15(11,2)3)22-14(21)18-9-8-17(6,13(20)23-18)16(18,4)5/h10-12H,7-9H2,1-6H3/t10-,11-,12+,17-,18+/m0/s1. The molecule has 2 bridgehead atoms. The van der Waals surface area contributed by atoms with Gasteiger partial charge in [0.2, 0.25) is 5.60 Å². The zero-order valence-corrected chi connectivity index (χ0v) is 15.6. The van der Waals surface area contributed by atoms with Crippen LogP contribution in [0, 0.1) is 22.2 Å². The number of carbonyl (C=O) groups is 2. The second-order valence-corrected chi connectivity index (χ2v) is 9.24. The lowest BCUT2D eigenvalue weighted by molar-refractivity contribution is -0.188. The van der Waals surface area contributed by atoms with E-state index in [1.165, 1.54) is 0 Å². The maximum Gasteiger partial charge on any atom is 0.351 e. The van der Waals surface area contributed by atoms with E-state index in [0.29, 0.717) is 19.3 Å². The molecule has 23 heavy (non-hydrogen) atoms. The van der Waals surface area contributed by atoms with Crippen molar-refractivity contribution in [2.75, 3.05) is 0 Å². The number of fused-ring (bicyclic) bond motifs is 2. The van der Waals surface area contributed by atoms with Crippen LogP contribution >= 0.6 is 11.6 Å². The van der Waals surface area contributed by atoms with Crippen molar-refractivity contribution >= 4 is 23.5 Å². The average Bonchev–Trinajstić information content (AvgIpc) is 2.81. The molecule has 0 N–H and O–H groups in total. The van der Waals surface area contributed by atoms with Gasteiger partial charge in [0.15, 0.2) is 0 Å². The topological polar surface area (TPSA) is 52.6 Å². The summed E-state index contributed by atoms with van der Waals surface area (Å²) in [4.78, 5) is 25.3. The van der Waals surface area contributed by atoms with E-state index >= 15 is 0 Å². The molecule has 0 unspecified atom stereocenters. The third kappa shape index (κ3) is 1.85. The fourth-order valence-electron chi connectivity index (χ4n) is 4.63. The van der Waals surface area contributed by atoms with Gasteiger partial charge in [-0.1, -0.05) is 34.6 Å². The maximum atomic E-state index is 13.0. The van der Waals surface area contributed by atoms with Gasteiger partial charge in [0.1, 0.15) is 6.10 Å². The number of esters is 2. The number of hydrogen-bond acceptors (Lipinski definition) is 4. The largest absolute Gasteiger partial charge is 0.459 e. The molecule has 0 aromatic heterocycles. The number of ether oxygens (including phenoxy) is 2. The number of halogens is 1. The van der Waals surface area contributed by atoms with Gasteiger partial charge in [-0.3, -0.25) is 4.79 Å². The van der Waals surface area contributed by atoms with Crippen molar-refractivity contribution in [3.63, 3.8) is 0 Å². The molecular weight excluding hydrogens is 316 g/mol. The van der Waals surface area contributed by atoms with Gasteiger partial charge in [0.25, 0.3) is 0 Å². The molecule has 3 rings (SSSR count). The molecule has 1 aliphatic heterocycles. The smallest absolute Gasteiger partial charge is 0.351 e. The third-order valence-corrected chi connectivity index (χ3v) is 8.08. The van der Waals surface area contributed by atoms with Crippen molar-refractivity contribution in [1.82, 2.24) is 0 Å².